The van der Waals surface area contributed by atoms with Crippen molar-refractivity contribution < 1.29 is 22.4 Å². The summed E-state index contributed by atoms with van der Waals surface area (Å²) in [4.78, 5) is 16.1. The lowest BCUT2D eigenvalue weighted by atomic mass is 9.84. The molecule has 5 nitrogen and oxygen atoms in total. The van der Waals surface area contributed by atoms with Gasteiger partial charge in [0.25, 0.3) is 0 Å². The van der Waals surface area contributed by atoms with E-state index in [-0.39, 0.29) is 17.6 Å². The number of hydrogen-bond acceptors (Lipinski definition) is 4. The lowest BCUT2D eigenvalue weighted by Crippen LogP contribution is -2.47. The second-order valence-electron chi connectivity index (χ2n) is 9.08. The standard InChI is InChI=1S/C24H32F4N4O/c25-21-17-19(24(26,27)28)6-9-22(21)32-15-13-31(14-16-32)12-10-18-4-7-20(8-5-18)30-23(33)3-1-2-11-29/h6,9,17-18,20H,1-5,7-8,10,12-16H2,(H,30,33). The first-order chi connectivity index (χ1) is 15.8. The molecular weight excluding hydrogens is 436 g/mol. The monoisotopic (exact) mass is 468 g/mol. The average Bonchev–Trinajstić information content (AvgIpc) is 2.78. The summed E-state index contributed by atoms with van der Waals surface area (Å²) in [5, 5.41) is 11.6. The summed E-state index contributed by atoms with van der Waals surface area (Å²) in [6.45, 7) is 3.65. The van der Waals surface area contributed by atoms with Crippen molar-refractivity contribution in [2.45, 2.75) is 63.6 Å². The lowest BCUT2D eigenvalue weighted by Gasteiger charge is -2.37. The van der Waals surface area contributed by atoms with E-state index >= 15 is 0 Å². The number of hydrogen-bond donors (Lipinski definition) is 1. The molecule has 1 aliphatic carbocycles. The quantitative estimate of drug-likeness (QED) is 0.443. The molecule has 0 spiro atoms. The van der Waals surface area contributed by atoms with Crippen LogP contribution >= 0.6 is 0 Å². The highest BCUT2D eigenvalue weighted by atomic mass is 19.4. The molecule has 0 radical (unpaired) electrons. The minimum Gasteiger partial charge on any atom is -0.367 e. The van der Waals surface area contributed by atoms with E-state index in [1.54, 1.807) is 0 Å². The van der Waals surface area contributed by atoms with Crippen molar-refractivity contribution in [1.29, 1.82) is 5.26 Å². The van der Waals surface area contributed by atoms with Crippen LogP contribution in [-0.2, 0) is 11.0 Å². The van der Waals surface area contributed by atoms with Crippen LogP contribution in [0.15, 0.2) is 18.2 Å². The van der Waals surface area contributed by atoms with Crippen LogP contribution in [0, 0.1) is 23.1 Å². The van der Waals surface area contributed by atoms with Gasteiger partial charge in [0.15, 0.2) is 0 Å². The van der Waals surface area contributed by atoms with Crippen molar-refractivity contribution in [2.75, 3.05) is 37.6 Å². The predicted octanol–water partition coefficient (Wildman–Crippen LogP) is 4.73. The van der Waals surface area contributed by atoms with E-state index in [0.717, 1.165) is 57.8 Å². The van der Waals surface area contributed by atoms with Crippen LogP contribution in [-0.4, -0.2) is 49.6 Å². The molecule has 1 saturated carbocycles. The van der Waals surface area contributed by atoms with Gasteiger partial charge in [0.1, 0.15) is 5.82 Å². The molecule has 0 aromatic heterocycles. The number of nitrogens with zero attached hydrogens (tertiary/aromatic N) is 3. The third-order valence-electron chi connectivity index (χ3n) is 6.75. The molecule has 1 aromatic carbocycles. The Labute approximate surface area is 192 Å². The van der Waals surface area contributed by atoms with Gasteiger partial charge in [0.2, 0.25) is 5.91 Å². The number of nitrogens with one attached hydrogen (secondary N) is 1. The summed E-state index contributed by atoms with van der Waals surface area (Å²) in [5.41, 5.74) is -0.730. The Morgan fingerprint density at radius 1 is 1.12 bits per heavy atom. The number of nitriles is 1. The lowest BCUT2D eigenvalue weighted by molar-refractivity contribution is -0.137. The molecule has 1 saturated heterocycles. The SMILES string of the molecule is N#CCCCC(=O)NC1CCC(CCN2CCN(c3ccc(C(F)(F)F)cc3F)CC2)CC1. The fraction of sp³-hybridized carbons (Fsp3) is 0.667. The third-order valence-corrected chi connectivity index (χ3v) is 6.75. The molecular formula is C24H32F4N4O. The zero-order valence-corrected chi connectivity index (χ0v) is 18.8. The number of benzene rings is 1. The number of piperazine rings is 1. The molecule has 3 rings (SSSR count). The Morgan fingerprint density at radius 3 is 2.42 bits per heavy atom. The maximum absolute atomic E-state index is 14.2. The Bertz CT molecular complexity index is 823. The van der Waals surface area contributed by atoms with E-state index in [1.165, 1.54) is 6.07 Å². The normalized spacial score (nSPS) is 22.1. The molecule has 2 aliphatic rings. The molecule has 0 atom stereocenters. The minimum atomic E-state index is -4.54. The summed E-state index contributed by atoms with van der Waals surface area (Å²) >= 11 is 0. The van der Waals surface area contributed by atoms with Gasteiger partial charge in [-0.25, -0.2) is 4.39 Å². The molecule has 1 N–H and O–H groups in total. The van der Waals surface area contributed by atoms with Gasteiger partial charge in [-0.3, -0.25) is 9.69 Å². The zero-order chi connectivity index (χ0) is 23.8. The Morgan fingerprint density at radius 2 is 1.82 bits per heavy atom. The summed E-state index contributed by atoms with van der Waals surface area (Å²) in [6, 6.07) is 5.03. The highest BCUT2D eigenvalue weighted by Gasteiger charge is 2.32. The van der Waals surface area contributed by atoms with Gasteiger partial charge in [0, 0.05) is 45.1 Å². The third kappa shape index (κ3) is 7.60. The second-order valence-corrected chi connectivity index (χ2v) is 9.08. The number of unbranched alkanes of at least 4 members (excludes halogenated alkanes) is 1. The number of rotatable bonds is 8. The Hall–Kier alpha value is -2.34. The fourth-order valence-electron chi connectivity index (χ4n) is 4.74. The molecule has 0 unspecified atom stereocenters. The van der Waals surface area contributed by atoms with E-state index in [9.17, 15) is 22.4 Å². The summed E-state index contributed by atoms with van der Waals surface area (Å²) in [5.74, 6) is -0.162. The van der Waals surface area contributed by atoms with Gasteiger partial charge in [-0.1, -0.05) is 0 Å². The summed E-state index contributed by atoms with van der Waals surface area (Å²) in [6.07, 6.45) is 2.10. The Kier molecular flexibility index (Phi) is 8.95. The van der Waals surface area contributed by atoms with Crippen LogP contribution in [0.25, 0.3) is 0 Å². The first kappa shape index (κ1) is 25.3. The van der Waals surface area contributed by atoms with Crippen LogP contribution in [0.5, 0.6) is 0 Å². The van der Waals surface area contributed by atoms with Gasteiger partial charge < -0.3 is 10.2 Å². The molecule has 182 valence electrons. The zero-order valence-electron chi connectivity index (χ0n) is 18.8. The van der Waals surface area contributed by atoms with E-state index < -0.39 is 17.6 Å². The highest BCUT2D eigenvalue weighted by molar-refractivity contribution is 5.76. The van der Waals surface area contributed by atoms with Crippen LogP contribution in [0.3, 0.4) is 0 Å². The molecule has 9 heteroatoms. The molecule has 1 heterocycles. The second kappa shape index (κ2) is 11.7. The average molecular weight is 469 g/mol. The van der Waals surface area contributed by atoms with Crippen molar-refractivity contribution in [1.82, 2.24) is 10.2 Å². The summed E-state index contributed by atoms with van der Waals surface area (Å²) in [7, 11) is 0. The largest absolute Gasteiger partial charge is 0.416 e. The number of alkyl halides is 3. The van der Waals surface area contributed by atoms with Crippen molar-refractivity contribution in [2.24, 2.45) is 5.92 Å². The van der Waals surface area contributed by atoms with Crippen molar-refractivity contribution in [3.8, 4) is 6.07 Å². The van der Waals surface area contributed by atoms with Gasteiger partial charge in [-0.15, -0.1) is 0 Å². The summed E-state index contributed by atoms with van der Waals surface area (Å²) < 4.78 is 52.5. The van der Waals surface area contributed by atoms with Crippen LogP contribution in [0.2, 0.25) is 0 Å². The van der Waals surface area contributed by atoms with Crippen molar-refractivity contribution in [3.63, 3.8) is 0 Å². The van der Waals surface area contributed by atoms with Crippen LogP contribution < -0.4 is 10.2 Å². The number of carbonyl (C=O) groups excluding carboxylic acids is 1. The van der Waals surface area contributed by atoms with Crippen molar-refractivity contribution >= 4 is 11.6 Å². The number of halogens is 4. The van der Waals surface area contributed by atoms with Gasteiger partial charge in [-0.2, -0.15) is 18.4 Å². The maximum Gasteiger partial charge on any atom is 0.416 e. The van der Waals surface area contributed by atoms with E-state index in [1.807, 2.05) is 4.90 Å². The number of carbonyl (C=O) groups is 1. The van der Waals surface area contributed by atoms with Gasteiger partial charge in [0.05, 0.1) is 17.3 Å². The molecule has 0 bridgehead atoms. The van der Waals surface area contributed by atoms with Gasteiger partial charge in [-0.05, 0) is 69.2 Å². The van der Waals surface area contributed by atoms with Crippen LogP contribution in [0.1, 0.15) is 56.9 Å². The van der Waals surface area contributed by atoms with E-state index in [0.29, 0.717) is 44.3 Å². The maximum atomic E-state index is 14.2. The first-order valence-corrected chi connectivity index (χ1v) is 11.8. The topological polar surface area (TPSA) is 59.4 Å². The van der Waals surface area contributed by atoms with Gasteiger partial charge >= 0.3 is 6.18 Å². The molecule has 2 fully saturated rings. The Balaban J connectivity index is 1.35. The van der Waals surface area contributed by atoms with E-state index in [4.69, 9.17) is 5.26 Å². The molecule has 1 amide bonds. The first-order valence-electron chi connectivity index (χ1n) is 11.8. The molecule has 1 aromatic rings. The van der Waals surface area contributed by atoms with Crippen molar-refractivity contribution in [3.05, 3.63) is 29.6 Å². The predicted molar refractivity (Wildman–Crippen MR) is 118 cm³/mol. The number of amides is 1. The molecule has 33 heavy (non-hydrogen) atoms. The minimum absolute atomic E-state index is 0.0380. The van der Waals surface area contributed by atoms with Crippen LogP contribution in [0.4, 0.5) is 23.2 Å². The highest BCUT2D eigenvalue weighted by Crippen LogP contribution is 2.33. The van der Waals surface area contributed by atoms with E-state index in [2.05, 4.69) is 16.3 Å². The molecule has 1 aliphatic heterocycles. The smallest absolute Gasteiger partial charge is 0.367 e. The fourth-order valence-corrected chi connectivity index (χ4v) is 4.74. The number of anilines is 1.